The number of benzene rings is 1. The molecule has 0 bridgehead atoms. The minimum Gasteiger partial charge on any atom is -0.507 e. The molecule has 0 aliphatic carbocycles. The number of hydrogen-bond donors (Lipinski definition) is 2. The Morgan fingerprint density at radius 1 is 1.31 bits per heavy atom. The largest absolute Gasteiger partial charge is 0.507 e. The number of aliphatic carboxylic acids is 1. The summed E-state index contributed by atoms with van der Waals surface area (Å²) in [5.74, 6) is -1.36. The fourth-order valence-corrected chi connectivity index (χ4v) is 3.85. The number of carbonyl (C=O) groups excluding carboxylic acids is 1. The topological polar surface area (TPSA) is 93.1 Å². The van der Waals surface area contributed by atoms with Crippen LogP contribution in [0, 0.1) is 5.92 Å². The number of phenols is 1. The normalized spacial score (nSPS) is 19.2. The Morgan fingerprint density at radius 2 is 1.97 bits per heavy atom. The van der Waals surface area contributed by atoms with E-state index in [1.807, 2.05) is 33.8 Å². The number of carboxylic acid groups (broad SMARTS) is 1. The van der Waals surface area contributed by atoms with Crippen molar-refractivity contribution in [3.63, 3.8) is 0 Å². The van der Waals surface area contributed by atoms with Crippen molar-refractivity contribution in [2.24, 2.45) is 5.92 Å². The lowest BCUT2D eigenvalue weighted by Crippen LogP contribution is -2.35. The lowest BCUT2D eigenvalue weighted by molar-refractivity contribution is -0.137. The first kappa shape index (κ1) is 22.8. The van der Waals surface area contributed by atoms with Crippen molar-refractivity contribution in [3.05, 3.63) is 28.3 Å². The van der Waals surface area contributed by atoms with Gasteiger partial charge in [0.15, 0.2) is 5.78 Å². The third-order valence-electron chi connectivity index (χ3n) is 5.57. The van der Waals surface area contributed by atoms with Crippen molar-refractivity contribution >= 4 is 11.8 Å². The standard InChI is InChI=1S/C23H32O6/c1-7-8-15(11-17(24)25)18-22(28-6)16(10-9-12(2)3)21(27)19-20(26)13(4)14(5)29-23(18)19/h9,13-15,27H,7-8,10-11H2,1-6H3,(H,24,25)/t13-,14-,15-/m1/s1. The zero-order chi connectivity index (χ0) is 21.9. The maximum atomic E-state index is 13.1. The Labute approximate surface area is 172 Å². The quantitative estimate of drug-likeness (QED) is 0.601. The lowest BCUT2D eigenvalue weighted by Gasteiger charge is -2.33. The number of rotatable bonds is 8. The summed E-state index contributed by atoms with van der Waals surface area (Å²) in [6, 6.07) is 0. The summed E-state index contributed by atoms with van der Waals surface area (Å²) in [5.41, 5.74) is 2.28. The average molecular weight is 405 g/mol. The van der Waals surface area contributed by atoms with Crippen LogP contribution in [0.3, 0.4) is 0 Å². The highest BCUT2D eigenvalue weighted by Gasteiger charge is 2.40. The Kier molecular flexibility index (Phi) is 7.33. The van der Waals surface area contributed by atoms with E-state index in [2.05, 4.69) is 0 Å². The van der Waals surface area contributed by atoms with Crippen LogP contribution in [0.25, 0.3) is 0 Å². The van der Waals surface area contributed by atoms with Crippen molar-refractivity contribution in [2.45, 2.75) is 72.3 Å². The van der Waals surface area contributed by atoms with Gasteiger partial charge in [-0.15, -0.1) is 0 Å². The number of aromatic hydroxyl groups is 1. The molecular weight excluding hydrogens is 372 g/mol. The highest BCUT2D eigenvalue weighted by atomic mass is 16.5. The molecular formula is C23H32O6. The second kappa shape index (κ2) is 9.33. The Balaban J connectivity index is 2.87. The van der Waals surface area contributed by atoms with Crippen LogP contribution in [-0.2, 0) is 11.2 Å². The van der Waals surface area contributed by atoms with E-state index in [-0.39, 0.29) is 41.3 Å². The predicted molar refractivity (Wildman–Crippen MR) is 111 cm³/mol. The van der Waals surface area contributed by atoms with Gasteiger partial charge in [-0.1, -0.05) is 31.9 Å². The molecule has 1 aliphatic rings. The molecule has 3 atom stereocenters. The zero-order valence-electron chi connectivity index (χ0n) is 18.2. The molecule has 0 saturated carbocycles. The molecule has 2 N–H and O–H groups in total. The molecule has 0 unspecified atom stereocenters. The first-order chi connectivity index (χ1) is 13.6. The minimum atomic E-state index is -0.929. The third-order valence-corrected chi connectivity index (χ3v) is 5.57. The highest BCUT2D eigenvalue weighted by molar-refractivity contribution is 6.05. The predicted octanol–water partition coefficient (Wildman–Crippen LogP) is 4.87. The first-order valence-corrected chi connectivity index (χ1v) is 10.2. The number of hydrogen-bond acceptors (Lipinski definition) is 5. The number of fused-ring (bicyclic) bond motifs is 1. The number of carboxylic acids is 1. The van der Waals surface area contributed by atoms with Gasteiger partial charge in [-0.3, -0.25) is 9.59 Å². The molecule has 0 spiro atoms. The SMILES string of the molecule is CCC[C@H](CC(=O)O)c1c(OC)c(CC=C(C)C)c(O)c2c1O[C@H](C)[C@@H](C)C2=O. The molecule has 1 aromatic carbocycles. The maximum absolute atomic E-state index is 13.1. The molecule has 29 heavy (non-hydrogen) atoms. The van der Waals surface area contributed by atoms with Crippen LogP contribution in [0.2, 0.25) is 0 Å². The fraction of sp³-hybridized carbons (Fsp3) is 0.565. The summed E-state index contributed by atoms with van der Waals surface area (Å²) in [5, 5.41) is 20.5. The van der Waals surface area contributed by atoms with E-state index in [0.29, 0.717) is 29.7 Å². The van der Waals surface area contributed by atoms with Gasteiger partial charge in [-0.2, -0.15) is 0 Å². The molecule has 0 aromatic heterocycles. The van der Waals surface area contributed by atoms with Crippen LogP contribution in [0.5, 0.6) is 17.2 Å². The van der Waals surface area contributed by atoms with Crippen molar-refractivity contribution in [3.8, 4) is 17.2 Å². The Morgan fingerprint density at radius 3 is 2.48 bits per heavy atom. The van der Waals surface area contributed by atoms with Gasteiger partial charge in [0.2, 0.25) is 0 Å². The van der Waals surface area contributed by atoms with Gasteiger partial charge in [0, 0.05) is 17.0 Å². The summed E-state index contributed by atoms with van der Waals surface area (Å²) >= 11 is 0. The van der Waals surface area contributed by atoms with Gasteiger partial charge >= 0.3 is 5.97 Å². The molecule has 0 fully saturated rings. The molecule has 0 radical (unpaired) electrons. The minimum absolute atomic E-state index is 0.106. The molecule has 0 amide bonds. The molecule has 1 aromatic rings. The van der Waals surface area contributed by atoms with Gasteiger partial charge in [0.1, 0.15) is 28.9 Å². The number of allylic oxidation sites excluding steroid dienone is 2. The molecule has 6 nitrogen and oxygen atoms in total. The van der Waals surface area contributed by atoms with E-state index in [0.717, 1.165) is 12.0 Å². The number of phenolic OH excluding ortho intramolecular Hbond substituents is 1. The van der Waals surface area contributed by atoms with Gasteiger partial charge in [-0.05, 0) is 33.6 Å². The molecule has 1 heterocycles. The maximum Gasteiger partial charge on any atom is 0.303 e. The van der Waals surface area contributed by atoms with Crippen LogP contribution in [0.4, 0.5) is 0 Å². The number of ether oxygens (including phenoxy) is 2. The Hall–Kier alpha value is -2.50. The second-order valence-corrected chi connectivity index (χ2v) is 8.02. The van der Waals surface area contributed by atoms with Crippen LogP contribution < -0.4 is 9.47 Å². The fourth-order valence-electron chi connectivity index (χ4n) is 3.85. The van der Waals surface area contributed by atoms with E-state index < -0.39 is 11.9 Å². The highest BCUT2D eigenvalue weighted by Crippen LogP contribution is 2.51. The van der Waals surface area contributed by atoms with E-state index in [9.17, 15) is 19.8 Å². The summed E-state index contributed by atoms with van der Waals surface area (Å²) in [6.45, 7) is 9.46. The van der Waals surface area contributed by atoms with E-state index in [4.69, 9.17) is 9.47 Å². The molecule has 2 rings (SSSR count). The number of methoxy groups -OCH3 is 1. The van der Waals surface area contributed by atoms with Crippen LogP contribution in [0.1, 0.15) is 81.3 Å². The number of Topliss-reactive ketones (excluding diaryl/α,β-unsaturated/α-hetero) is 1. The summed E-state index contributed by atoms with van der Waals surface area (Å²) < 4.78 is 11.8. The van der Waals surface area contributed by atoms with Crippen LogP contribution in [0.15, 0.2) is 11.6 Å². The van der Waals surface area contributed by atoms with Crippen molar-refractivity contribution in [2.75, 3.05) is 7.11 Å². The first-order valence-electron chi connectivity index (χ1n) is 10.2. The van der Waals surface area contributed by atoms with E-state index >= 15 is 0 Å². The van der Waals surface area contributed by atoms with Crippen molar-refractivity contribution < 1.29 is 29.3 Å². The van der Waals surface area contributed by atoms with Gasteiger partial charge in [-0.25, -0.2) is 0 Å². The van der Waals surface area contributed by atoms with Gasteiger partial charge in [0.25, 0.3) is 0 Å². The van der Waals surface area contributed by atoms with Crippen molar-refractivity contribution in [1.82, 2.24) is 0 Å². The average Bonchev–Trinajstić information content (AvgIpc) is 2.63. The van der Waals surface area contributed by atoms with Crippen LogP contribution >= 0.6 is 0 Å². The number of carbonyl (C=O) groups is 2. The second-order valence-electron chi connectivity index (χ2n) is 8.02. The summed E-state index contributed by atoms with van der Waals surface area (Å²) in [4.78, 5) is 24.6. The van der Waals surface area contributed by atoms with Gasteiger partial charge < -0.3 is 19.7 Å². The summed E-state index contributed by atoms with van der Waals surface area (Å²) in [6.07, 6.45) is 3.20. The molecule has 1 aliphatic heterocycles. The smallest absolute Gasteiger partial charge is 0.303 e. The van der Waals surface area contributed by atoms with E-state index in [1.54, 1.807) is 6.92 Å². The molecule has 0 saturated heterocycles. The van der Waals surface area contributed by atoms with Gasteiger partial charge in [0.05, 0.1) is 19.4 Å². The zero-order valence-corrected chi connectivity index (χ0v) is 18.2. The Bertz CT molecular complexity index is 819. The van der Waals surface area contributed by atoms with Crippen molar-refractivity contribution in [1.29, 1.82) is 0 Å². The lowest BCUT2D eigenvalue weighted by atomic mass is 9.81. The van der Waals surface area contributed by atoms with E-state index in [1.165, 1.54) is 7.11 Å². The van der Waals surface area contributed by atoms with Crippen LogP contribution in [-0.4, -0.2) is 35.2 Å². The third kappa shape index (κ3) is 4.57. The number of ketones is 1. The molecule has 160 valence electrons. The monoisotopic (exact) mass is 404 g/mol. The summed E-state index contributed by atoms with van der Waals surface area (Å²) in [7, 11) is 1.50. The molecule has 6 heteroatoms.